The van der Waals surface area contributed by atoms with Crippen LogP contribution in [0.1, 0.15) is 52.9 Å². The van der Waals surface area contributed by atoms with Gasteiger partial charge in [0.1, 0.15) is 5.82 Å². The van der Waals surface area contributed by atoms with E-state index in [-0.39, 0.29) is 6.04 Å². The van der Waals surface area contributed by atoms with E-state index >= 15 is 0 Å². The molecular formula is C42H46ClN7O2S. The quantitative estimate of drug-likeness (QED) is 0.157. The molecule has 2 aliphatic rings. The highest BCUT2D eigenvalue weighted by atomic mass is 35.5. The van der Waals surface area contributed by atoms with Crippen LogP contribution in [0.4, 0.5) is 5.82 Å². The number of nitrogens with zero attached hydrogens (tertiary/aromatic N) is 6. The maximum Gasteiger partial charge on any atom is 0.211 e. The fourth-order valence-electron chi connectivity index (χ4n) is 7.10. The molecule has 0 saturated carbocycles. The monoisotopic (exact) mass is 747 g/mol. The number of halogens is 1. The van der Waals surface area contributed by atoms with Crippen LogP contribution < -0.4 is 10.2 Å². The van der Waals surface area contributed by atoms with Gasteiger partial charge in [0.05, 0.1) is 17.0 Å². The first-order chi connectivity index (χ1) is 25.7. The SMILES string of the molecule is CC(NCc1ccc(C#Cc2cc(-c3nn(CCCN4CCN(c5ccccn5)CC4)c4c3CN(S(C)(=O)=O)CC4)ccc2Cl)cc1)c1ccccc1. The van der Waals surface area contributed by atoms with Gasteiger partial charge in [0, 0.05) is 106 Å². The molecule has 53 heavy (non-hydrogen) atoms. The third kappa shape index (κ3) is 9.18. The second-order valence-corrected chi connectivity index (χ2v) is 16.3. The van der Waals surface area contributed by atoms with E-state index in [2.05, 4.69) is 86.0 Å². The number of rotatable bonds is 11. The average Bonchev–Trinajstić information content (AvgIpc) is 3.55. The van der Waals surface area contributed by atoms with Crippen LogP contribution in [0.25, 0.3) is 11.3 Å². The maximum absolute atomic E-state index is 12.6. The standard InChI is InChI=1S/C42H46ClN7O2S/c1-32(35-9-4-3-5-10-35)45-30-34-14-12-33(13-15-34)16-17-36-29-37(18-19-39(36)43)42-38-31-49(53(2,51)52)24-20-40(38)50(46-42)23-8-22-47-25-27-48(28-26-47)41-11-6-7-21-44-41/h3-7,9-15,18-19,21,29,32,45H,8,20,22-28,30-31H2,1-2H3. The van der Waals surface area contributed by atoms with Crippen molar-refractivity contribution in [3.63, 3.8) is 0 Å². The molecule has 2 aliphatic heterocycles. The number of aryl methyl sites for hydroxylation is 1. The first-order valence-corrected chi connectivity index (χ1v) is 20.5. The summed E-state index contributed by atoms with van der Waals surface area (Å²) in [5.41, 5.74) is 7.78. The van der Waals surface area contributed by atoms with Gasteiger partial charge in [-0.3, -0.25) is 9.58 Å². The minimum atomic E-state index is -3.36. The van der Waals surface area contributed by atoms with Crippen molar-refractivity contribution in [3.05, 3.63) is 136 Å². The number of anilines is 1. The number of hydrogen-bond donors (Lipinski definition) is 1. The van der Waals surface area contributed by atoms with Gasteiger partial charge in [0.25, 0.3) is 0 Å². The largest absolute Gasteiger partial charge is 0.354 e. The summed E-state index contributed by atoms with van der Waals surface area (Å²) in [6.45, 7) is 9.31. The first kappa shape index (κ1) is 36.8. The van der Waals surface area contributed by atoms with Crippen molar-refractivity contribution in [3.8, 4) is 23.1 Å². The molecular weight excluding hydrogens is 702 g/mol. The zero-order valence-electron chi connectivity index (χ0n) is 30.4. The van der Waals surface area contributed by atoms with Crippen LogP contribution in [0.3, 0.4) is 0 Å². The van der Waals surface area contributed by atoms with Gasteiger partial charge >= 0.3 is 0 Å². The lowest BCUT2D eigenvalue weighted by Gasteiger charge is -2.35. The van der Waals surface area contributed by atoms with Gasteiger partial charge in [-0.2, -0.15) is 9.40 Å². The Kier molecular flexibility index (Phi) is 11.6. The Morgan fingerprint density at radius 2 is 1.66 bits per heavy atom. The number of fused-ring (bicyclic) bond motifs is 1. The Morgan fingerprint density at radius 3 is 2.40 bits per heavy atom. The molecule has 0 spiro atoms. The summed E-state index contributed by atoms with van der Waals surface area (Å²) in [5, 5.41) is 9.27. The highest BCUT2D eigenvalue weighted by Gasteiger charge is 2.30. The molecule has 9 nitrogen and oxygen atoms in total. The lowest BCUT2D eigenvalue weighted by molar-refractivity contribution is 0.248. The Labute approximate surface area is 318 Å². The van der Waals surface area contributed by atoms with Gasteiger partial charge in [-0.05, 0) is 60.9 Å². The molecule has 1 atom stereocenters. The summed E-state index contributed by atoms with van der Waals surface area (Å²) in [4.78, 5) is 9.35. The molecule has 0 aliphatic carbocycles. The molecule has 3 aromatic carbocycles. The van der Waals surface area contributed by atoms with E-state index in [0.29, 0.717) is 30.1 Å². The van der Waals surface area contributed by atoms with Gasteiger partial charge in [-0.15, -0.1) is 0 Å². The van der Waals surface area contributed by atoms with Crippen LogP contribution in [-0.2, 0) is 36.1 Å². The van der Waals surface area contributed by atoms with E-state index in [1.807, 2.05) is 54.7 Å². The lowest BCUT2D eigenvalue weighted by Crippen LogP contribution is -2.47. The molecule has 1 fully saturated rings. The fourth-order valence-corrected chi connectivity index (χ4v) is 8.05. The molecule has 1 unspecified atom stereocenters. The highest BCUT2D eigenvalue weighted by molar-refractivity contribution is 7.88. The average molecular weight is 748 g/mol. The van der Waals surface area contributed by atoms with E-state index in [9.17, 15) is 8.42 Å². The van der Waals surface area contributed by atoms with Crippen molar-refractivity contribution in [2.45, 2.75) is 45.4 Å². The summed E-state index contributed by atoms with van der Waals surface area (Å²) in [6.07, 6.45) is 4.70. The van der Waals surface area contributed by atoms with Crippen molar-refractivity contribution in [2.75, 3.05) is 50.4 Å². The van der Waals surface area contributed by atoms with Crippen molar-refractivity contribution >= 4 is 27.4 Å². The number of nitrogens with one attached hydrogen (secondary N) is 1. The van der Waals surface area contributed by atoms with Crippen LogP contribution in [0.5, 0.6) is 0 Å². The van der Waals surface area contributed by atoms with E-state index in [4.69, 9.17) is 16.7 Å². The molecule has 5 aromatic rings. The molecule has 11 heteroatoms. The second-order valence-electron chi connectivity index (χ2n) is 13.9. The first-order valence-electron chi connectivity index (χ1n) is 18.3. The number of hydrogen-bond acceptors (Lipinski definition) is 7. The number of benzene rings is 3. The van der Waals surface area contributed by atoms with E-state index in [0.717, 1.165) is 86.1 Å². The summed E-state index contributed by atoms with van der Waals surface area (Å²) >= 11 is 6.68. The van der Waals surface area contributed by atoms with Crippen molar-refractivity contribution < 1.29 is 8.42 Å². The third-order valence-electron chi connectivity index (χ3n) is 10.2. The van der Waals surface area contributed by atoms with Crippen LogP contribution in [0.15, 0.2) is 97.2 Å². The molecule has 4 heterocycles. The molecule has 1 saturated heterocycles. The predicted octanol–water partition coefficient (Wildman–Crippen LogP) is 6.38. The van der Waals surface area contributed by atoms with Crippen molar-refractivity contribution in [2.24, 2.45) is 0 Å². The van der Waals surface area contributed by atoms with Gasteiger partial charge in [0.15, 0.2) is 0 Å². The number of pyridine rings is 1. The van der Waals surface area contributed by atoms with Crippen molar-refractivity contribution in [1.29, 1.82) is 0 Å². The zero-order chi connectivity index (χ0) is 36.8. The minimum absolute atomic E-state index is 0.251. The van der Waals surface area contributed by atoms with Crippen LogP contribution >= 0.6 is 11.6 Å². The number of aromatic nitrogens is 3. The van der Waals surface area contributed by atoms with E-state index in [1.54, 1.807) is 4.31 Å². The van der Waals surface area contributed by atoms with Gasteiger partial charge in [0.2, 0.25) is 10.0 Å². The highest BCUT2D eigenvalue weighted by Crippen LogP contribution is 2.33. The second kappa shape index (κ2) is 16.7. The fraction of sp³-hybridized carbons (Fsp3) is 0.333. The topological polar surface area (TPSA) is 86.6 Å². The summed E-state index contributed by atoms with van der Waals surface area (Å²) in [6, 6.07) is 30.8. The Hall–Kier alpha value is -4.50. The molecule has 274 valence electrons. The maximum atomic E-state index is 12.6. The van der Waals surface area contributed by atoms with Crippen LogP contribution in [-0.4, -0.2) is 77.9 Å². The van der Waals surface area contributed by atoms with Gasteiger partial charge in [-0.25, -0.2) is 13.4 Å². The Bertz CT molecular complexity index is 2170. The van der Waals surface area contributed by atoms with Gasteiger partial charge < -0.3 is 10.2 Å². The summed E-state index contributed by atoms with van der Waals surface area (Å²) < 4.78 is 28.9. The molecule has 0 amide bonds. The molecule has 0 bridgehead atoms. The van der Waals surface area contributed by atoms with E-state index < -0.39 is 10.0 Å². The smallest absolute Gasteiger partial charge is 0.211 e. The molecule has 7 rings (SSSR count). The third-order valence-corrected chi connectivity index (χ3v) is 11.8. The zero-order valence-corrected chi connectivity index (χ0v) is 32.0. The molecule has 2 aromatic heterocycles. The minimum Gasteiger partial charge on any atom is -0.354 e. The normalized spacial score (nSPS) is 15.8. The van der Waals surface area contributed by atoms with Gasteiger partial charge in [-0.1, -0.05) is 78.0 Å². The lowest BCUT2D eigenvalue weighted by atomic mass is 10.0. The van der Waals surface area contributed by atoms with Crippen LogP contribution in [0.2, 0.25) is 5.02 Å². The molecule has 1 N–H and O–H groups in total. The van der Waals surface area contributed by atoms with Crippen LogP contribution in [0, 0.1) is 11.8 Å². The number of sulfonamides is 1. The predicted molar refractivity (Wildman–Crippen MR) is 213 cm³/mol. The number of piperazine rings is 1. The van der Waals surface area contributed by atoms with E-state index in [1.165, 1.54) is 17.4 Å². The molecule has 0 radical (unpaired) electrons. The van der Waals surface area contributed by atoms with Crippen molar-refractivity contribution in [1.82, 2.24) is 29.3 Å². The Morgan fingerprint density at radius 1 is 0.887 bits per heavy atom. The summed E-state index contributed by atoms with van der Waals surface area (Å²) in [7, 11) is -3.36. The Balaban J connectivity index is 1.04. The summed E-state index contributed by atoms with van der Waals surface area (Å²) in [5.74, 6) is 7.60.